The summed E-state index contributed by atoms with van der Waals surface area (Å²) in [6.07, 6.45) is 5.25. The van der Waals surface area contributed by atoms with Crippen LogP contribution in [0.15, 0.2) is 93.9 Å². The molecule has 3 aliphatic rings. The molecule has 4 aromatic rings. The van der Waals surface area contributed by atoms with Crippen molar-refractivity contribution in [2.75, 3.05) is 4.90 Å². The first-order valence-electron chi connectivity index (χ1n) is 12.8. The Balaban J connectivity index is 1.48. The zero-order valence-electron chi connectivity index (χ0n) is 21.1. The van der Waals surface area contributed by atoms with Crippen molar-refractivity contribution in [3.8, 4) is 11.1 Å². The van der Waals surface area contributed by atoms with Crippen molar-refractivity contribution in [1.29, 1.82) is 0 Å². The molecule has 7 rings (SSSR count). The number of halogens is 2. The molecule has 0 unspecified atom stereocenters. The van der Waals surface area contributed by atoms with Crippen molar-refractivity contribution in [3.05, 3.63) is 111 Å². The van der Waals surface area contributed by atoms with Crippen LogP contribution in [0.3, 0.4) is 0 Å². The van der Waals surface area contributed by atoms with Gasteiger partial charge in [-0.1, -0.05) is 70.0 Å². The highest BCUT2D eigenvalue weighted by atomic mass is 79.9. The normalized spacial score (nSPS) is 22.4. The van der Waals surface area contributed by atoms with E-state index in [1.807, 2.05) is 0 Å². The minimum Gasteiger partial charge on any atom is -0.310 e. The van der Waals surface area contributed by atoms with Crippen LogP contribution in [0.2, 0.25) is 0 Å². The predicted molar refractivity (Wildman–Crippen MR) is 160 cm³/mol. The molecule has 0 saturated heterocycles. The lowest BCUT2D eigenvalue weighted by Gasteiger charge is -2.52. The lowest BCUT2D eigenvalue weighted by molar-refractivity contribution is 0.188. The molecule has 0 aromatic heterocycles. The molecule has 0 atom stereocenters. The van der Waals surface area contributed by atoms with E-state index in [1.165, 1.54) is 42.4 Å². The van der Waals surface area contributed by atoms with Crippen LogP contribution in [0.4, 0.5) is 17.1 Å². The molecular formula is C33H31Br2N. The number of fused-ring (bicyclic) bond motifs is 2. The molecule has 1 nitrogen and oxygen atoms in total. The summed E-state index contributed by atoms with van der Waals surface area (Å²) in [7, 11) is 0. The van der Waals surface area contributed by atoms with Crippen molar-refractivity contribution in [3.63, 3.8) is 0 Å². The molecule has 0 N–H and O–H groups in total. The molecule has 0 radical (unpaired) electrons. The number of anilines is 3. The first-order chi connectivity index (χ1) is 17.3. The zero-order chi connectivity index (χ0) is 25.1. The molecule has 1 fully saturated rings. The maximum Gasteiger partial charge on any atom is 0.0467 e. The van der Waals surface area contributed by atoms with Crippen molar-refractivity contribution in [1.82, 2.24) is 0 Å². The summed E-state index contributed by atoms with van der Waals surface area (Å²) in [6, 6.07) is 31.3. The average Bonchev–Trinajstić information content (AvgIpc) is 2.88. The maximum absolute atomic E-state index is 3.60. The molecule has 0 amide bonds. The summed E-state index contributed by atoms with van der Waals surface area (Å²) in [6.45, 7) is 7.20. The second kappa shape index (κ2) is 8.89. The molecule has 3 heteroatoms. The van der Waals surface area contributed by atoms with Gasteiger partial charge in [0.2, 0.25) is 0 Å². The highest BCUT2D eigenvalue weighted by molar-refractivity contribution is 9.10. The van der Waals surface area contributed by atoms with Gasteiger partial charge in [-0.2, -0.15) is 0 Å². The number of nitrogens with zero attached hydrogens (tertiary/aromatic N) is 1. The van der Waals surface area contributed by atoms with E-state index >= 15 is 0 Å². The summed E-state index contributed by atoms with van der Waals surface area (Å²) in [4.78, 5) is 2.34. The van der Waals surface area contributed by atoms with Gasteiger partial charge in [-0.05, 0) is 132 Å². The first-order valence-corrected chi connectivity index (χ1v) is 14.4. The number of aryl methyl sites for hydroxylation is 1. The third-order valence-corrected chi connectivity index (χ3v) is 9.79. The van der Waals surface area contributed by atoms with Crippen LogP contribution in [0.1, 0.15) is 56.2 Å². The molecule has 1 saturated carbocycles. The number of hydrogen-bond donors (Lipinski definition) is 0. The summed E-state index contributed by atoms with van der Waals surface area (Å²) in [5.41, 5.74) is 11.2. The van der Waals surface area contributed by atoms with Gasteiger partial charge in [0.15, 0.2) is 0 Å². The lowest BCUT2D eigenvalue weighted by Crippen LogP contribution is -2.44. The van der Waals surface area contributed by atoms with Crippen LogP contribution in [0.25, 0.3) is 11.1 Å². The largest absolute Gasteiger partial charge is 0.310 e. The Morgan fingerprint density at radius 1 is 0.583 bits per heavy atom. The fraction of sp³-hybridized carbons (Fsp3) is 0.273. The monoisotopic (exact) mass is 599 g/mol. The summed E-state index contributed by atoms with van der Waals surface area (Å²) >= 11 is 7.19. The Morgan fingerprint density at radius 2 is 1.08 bits per heavy atom. The zero-order valence-corrected chi connectivity index (χ0v) is 24.3. The molecule has 0 spiro atoms. The summed E-state index contributed by atoms with van der Waals surface area (Å²) < 4.78 is 2.16. The average molecular weight is 601 g/mol. The van der Waals surface area contributed by atoms with Crippen LogP contribution in [-0.4, -0.2) is 0 Å². The smallest absolute Gasteiger partial charge is 0.0467 e. The van der Waals surface area contributed by atoms with E-state index in [9.17, 15) is 0 Å². The lowest BCUT2D eigenvalue weighted by atomic mass is 9.52. The van der Waals surface area contributed by atoms with Gasteiger partial charge in [-0.3, -0.25) is 0 Å². The van der Waals surface area contributed by atoms with E-state index in [4.69, 9.17) is 0 Å². The van der Waals surface area contributed by atoms with Gasteiger partial charge in [-0.15, -0.1) is 0 Å². The van der Waals surface area contributed by atoms with Crippen molar-refractivity contribution in [2.24, 2.45) is 0 Å². The molecular weight excluding hydrogens is 570 g/mol. The Hall–Kier alpha value is -2.36. The van der Waals surface area contributed by atoms with Gasteiger partial charge in [0.05, 0.1) is 0 Å². The first kappa shape index (κ1) is 24.0. The fourth-order valence-corrected chi connectivity index (χ4v) is 6.85. The van der Waals surface area contributed by atoms with Gasteiger partial charge in [0.1, 0.15) is 0 Å². The summed E-state index contributed by atoms with van der Waals surface area (Å²) in [5, 5.41) is 0. The van der Waals surface area contributed by atoms with Crippen LogP contribution in [0.5, 0.6) is 0 Å². The molecule has 4 aromatic carbocycles. The van der Waals surface area contributed by atoms with Gasteiger partial charge in [0, 0.05) is 26.0 Å². The second-order valence-corrected chi connectivity index (χ2v) is 13.0. The van der Waals surface area contributed by atoms with Crippen molar-refractivity contribution >= 4 is 48.9 Å². The Kier molecular flexibility index (Phi) is 5.92. The number of hydrogen-bond acceptors (Lipinski definition) is 1. The van der Waals surface area contributed by atoms with Gasteiger partial charge in [0.25, 0.3) is 0 Å². The highest BCUT2D eigenvalue weighted by Gasteiger charge is 2.47. The standard InChI is InChI=1S/C33H31Br2N/c1-22-4-10-28(36(26-11-6-24(34)7-12-26)27-13-8-25(35)9-14-27)21-29(22)23-5-15-30-31(20-23)33(3)18-16-32(30,2)17-19-33/h4-15,20-21H,16-19H2,1-3H3. The van der Waals surface area contributed by atoms with E-state index < -0.39 is 0 Å². The summed E-state index contributed by atoms with van der Waals surface area (Å²) in [5.74, 6) is 0. The molecule has 3 aliphatic carbocycles. The topological polar surface area (TPSA) is 3.24 Å². The van der Waals surface area contributed by atoms with E-state index in [2.05, 4.69) is 142 Å². The van der Waals surface area contributed by atoms with E-state index in [0.717, 1.165) is 26.0 Å². The predicted octanol–water partition coefficient (Wildman–Crippen LogP) is 10.8. The minimum atomic E-state index is 0.315. The third-order valence-electron chi connectivity index (χ3n) is 8.74. The maximum atomic E-state index is 3.60. The third kappa shape index (κ3) is 4.05. The van der Waals surface area contributed by atoms with Crippen LogP contribution in [0, 0.1) is 6.92 Å². The van der Waals surface area contributed by atoms with E-state index in [0.29, 0.717) is 10.8 Å². The Bertz CT molecular complexity index is 1380. The number of rotatable bonds is 4. The van der Waals surface area contributed by atoms with E-state index in [1.54, 1.807) is 11.1 Å². The van der Waals surface area contributed by atoms with Gasteiger partial charge < -0.3 is 4.90 Å². The molecule has 0 heterocycles. The van der Waals surface area contributed by atoms with Crippen LogP contribution in [-0.2, 0) is 10.8 Å². The van der Waals surface area contributed by atoms with Gasteiger partial charge in [-0.25, -0.2) is 0 Å². The van der Waals surface area contributed by atoms with Crippen molar-refractivity contribution in [2.45, 2.75) is 57.3 Å². The molecule has 36 heavy (non-hydrogen) atoms. The minimum absolute atomic E-state index is 0.315. The van der Waals surface area contributed by atoms with Gasteiger partial charge >= 0.3 is 0 Å². The fourth-order valence-electron chi connectivity index (χ4n) is 6.32. The number of benzene rings is 4. The highest BCUT2D eigenvalue weighted by Crippen LogP contribution is 2.56. The van der Waals surface area contributed by atoms with Crippen LogP contribution >= 0.6 is 31.9 Å². The Morgan fingerprint density at radius 3 is 1.64 bits per heavy atom. The quantitative estimate of drug-likeness (QED) is 0.225. The Labute approximate surface area is 231 Å². The van der Waals surface area contributed by atoms with Crippen LogP contribution < -0.4 is 4.90 Å². The molecule has 182 valence electrons. The SMILES string of the molecule is Cc1ccc(N(c2ccc(Br)cc2)c2ccc(Br)cc2)cc1-c1ccc2c(c1)C1(C)CCC2(C)CC1. The van der Waals surface area contributed by atoms with Crippen molar-refractivity contribution < 1.29 is 0 Å². The molecule has 0 aliphatic heterocycles. The van der Waals surface area contributed by atoms with E-state index in [-0.39, 0.29) is 0 Å². The second-order valence-electron chi connectivity index (χ2n) is 11.2. The molecule has 2 bridgehead atoms.